The fourth-order valence-electron chi connectivity index (χ4n) is 2.10. The zero-order chi connectivity index (χ0) is 16.3. The molecular formula is C15H17NO5S. The second-order valence-electron chi connectivity index (χ2n) is 5.05. The number of Topliss-reactive ketones (excluding diaryl/α,β-unsaturated/α-hetero) is 1. The van der Waals surface area contributed by atoms with E-state index in [9.17, 15) is 13.2 Å². The van der Waals surface area contributed by atoms with Crippen LogP contribution in [0.25, 0.3) is 0 Å². The van der Waals surface area contributed by atoms with Gasteiger partial charge in [-0.2, -0.15) is 0 Å². The Morgan fingerprint density at radius 2 is 2.00 bits per heavy atom. The summed E-state index contributed by atoms with van der Waals surface area (Å²) in [6.07, 6.45) is 0. The molecule has 0 N–H and O–H groups in total. The van der Waals surface area contributed by atoms with E-state index >= 15 is 0 Å². The summed E-state index contributed by atoms with van der Waals surface area (Å²) in [5, 5.41) is 3.67. The van der Waals surface area contributed by atoms with Crippen molar-refractivity contribution in [2.75, 3.05) is 7.11 Å². The van der Waals surface area contributed by atoms with Crippen molar-refractivity contribution in [3.63, 3.8) is 0 Å². The van der Waals surface area contributed by atoms with E-state index in [1.54, 1.807) is 31.2 Å². The Bertz CT molecular complexity index is 792. The Morgan fingerprint density at radius 3 is 2.55 bits per heavy atom. The minimum atomic E-state index is -3.47. The van der Waals surface area contributed by atoms with Crippen molar-refractivity contribution >= 4 is 15.6 Å². The Labute approximate surface area is 129 Å². The van der Waals surface area contributed by atoms with Gasteiger partial charge in [0.1, 0.15) is 11.5 Å². The number of benzene rings is 1. The van der Waals surface area contributed by atoms with E-state index in [4.69, 9.17) is 9.26 Å². The Balaban J connectivity index is 2.27. The van der Waals surface area contributed by atoms with Gasteiger partial charge in [-0.05, 0) is 32.0 Å². The molecule has 6 nitrogen and oxygen atoms in total. The van der Waals surface area contributed by atoms with Gasteiger partial charge in [0.2, 0.25) is 0 Å². The molecule has 0 unspecified atom stereocenters. The minimum absolute atomic E-state index is 0.132. The summed E-state index contributed by atoms with van der Waals surface area (Å²) in [6.45, 7) is 3.15. The van der Waals surface area contributed by atoms with Gasteiger partial charge < -0.3 is 9.26 Å². The van der Waals surface area contributed by atoms with Crippen molar-refractivity contribution in [1.82, 2.24) is 5.16 Å². The monoisotopic (exact) mass is 323 g/mol. The maximum Gasteiger partial charge on any atom is 0.161 e. The minimum Gasteiger partial charge on any atom is -0.496 e. The van der Waals surface area contributed by atoms with Gasteiger partial charge in [0, 0.05) is 17.2 Å². The van der Waals surface area contributed by atoms with Crippen LogP contribution in [-0.4, -0.2) is 26.5 Å². The molecule has 22 heavy (non-hydrogen) atoms. The lowest BCUT2D eigenvalue weighted by molar-refractivity contribution is 0.101. The summed E-state index contributed by atoms with van der Waals surface area (Å²) in [6, 6.07) is 6.34. The van der Waals surface area contributed by atoms with Crippen LogP contribution in [0.5, 0.6) is 5.75 Å². The largest absolute Gasteiger partial charge is 0.496 e. The first-order valence-corrected chi connectivity index (χ1v) is 8.43. The number of nitrogens with zero attached hydrogens (tertiary/aromatic N) is 1. The number of rotatable bonds is 6. The smallest absolute Gasteiger partial charge is 0.161 e. The number of carbonyl (C=O) groups is 1. The lowest BCUT2D eigenvalue weighted by Crippen LogP contribution is -2.09. The van der Waals surface area contributed by atoms with Crippen molar-refractivity contribution in [2.45, 2.75) is 25.4 Å². The third-order valence-electron chi connectivity index (χ3n) is 3.10. The number of hydrogen-bond acceptors (Lipinski definition) is 6. The van der Waals surface area contributed by atoms with E-state index in [2.05, 4.69) is 5.16 Å². The molecular weight excluding hydrogens is 306 g/mol. The lowest BCUT2D eigenvalue weighted by Gasteiger charge is -2.10. The standard InChI is InChI=1S/C15H17NO5S/c1-10-6-14(21-16-10)9-22(18,19)8-13-7-12(11(2)17)4-5-15(13)20-3/h4-7H,8-9H2,1-3H3. The van der Waals surface area contributed by atoms with Gasteiger partial charge in [-0.1, -0.05) is 5.16 Å². The zero-order valence-electron chi connectivity index (χ0n) is 12.6. The second-order valence-corrected chi connectivity index (χ2v) is 7.11. The lowest BCUT2D eigenvalue weighted by atomic mass is 10.1. The molecule has 1 aromatic heterocycles. The molecule has 0 aliphatic heterocycles. The van der Waals surface area contributed by atoms with Crippen LogP contribution in [0.4, 0.5) is 0 Å². The first-order chi connectivity index (χ1) is 10.3. The molecule has 0 aliphatic carbocycles. The number of aryl methyl sites for hydroxylation is 1. The number of aromatic nitrogens is 1. The number of ether oxygens (including phenoxy) is 1. The van der Waals surface area contributed by atoms with Crippen LogP contribution in [0, 0.1) is 6.92 Å². The molecule has 2 rings (SSSR count). The van der Waals surface area contributed by atoms with E-state index in [0.717, 1.165) is 0 Å². The highest BCUT2D eigenvalue weighted by Crippen LogP contribution is 2.24. The molecule has 2 aromatic rings. The number of methoxy groups -OCH3 is 1. The van der Waals surface area contributed by atoms with E-state index in [1.165, 1.54) is 14.0 Å². The molecule has 0 amide bonds. The number of ketones is 1. The first kappa shape index (κ1) is 16.2. The summed E-state index contributed by atoms with van der Waals surface area (Å²) in [5.74, 6) is 0.104. The number of carbonyl (C=O) groups excluding carboxylic acids is 1. The summed E-state index contributed by atoms with van der Waals surface area (Å²) >= 11 is 0. The van der Waals surface area contributed by atoms with Crippen molar-refractivity contribution in [1.29, 1.82) is 0 Å². The highest BCUT2D eigenvalue weighted by molar-refractivity contribution is 7.89. The first-order valence-electron chi connectivity index (χ1n) is 6.61. The SMILES string of the molecule is COc1ccc(C(C)=O)cc1CS(=O)(=O)Cc1cc(C)no1. The molecule has 0 radical (unpaired) electrons. The fraction of sp³-hybridized carbons (Fsp3) is 0.333. The second kappa shape index (κ2) is 6.31. The van der Waals surface area contributed by atoms with Gasteiger partial charge in [-0.3, -0.25) is 4.79 Å². The molecule has 0 bridgehead atoms. The zero-order valence-corrected chi connectivity index (χ0v) is 13.4. The van der Waals surface area contributed by atoms with Gasteiger partial charge in [0.25, 0.3) is 0 Å². The van der Waals surface area contributed by atoms with Gasteiger partial charge in [-0.25, -0.2) is 8.42 Å². The van der Waals surface area contributed by atoms with E-state index in [0.29, 0.717) is 28.3 Å². The van der Waals surface area contributed by atoms with Crippen molar-refractivity contribution < 1.29 is 22.5 Å². The highest BCUT2D eigenvalue weighted by Gasteiger charge is 2.19. The highest BCUT2D eigenvalue weighted by atomic mass is 32.2. The van der Waals surface area contributed by atoms with Gasteiger partial charge in [0.15, 0.2) is 21.4 Å². The molecule has 0 atom stereocenters. The summed E-state index contributed by atoms with van der Waals surface area (Å²) in [7, 11) is -2.02. The molecule has 7 heteroatoms. The Hall–Kier alpha value is -2.15. The van der Waals surface area contributed by atoms with Gasteiger partial charge in [-0.15, -0.1) is 0 Å². The van der Waals surface area contributed by atoms with Crippen molar-refractivity contribution in [3.05, 3.63) is 46.8 Å². The van der Waals surface area contributed by atoms with E-state index in [-0.39, 0.29) is 17.3 Å². The average Bonchev–Trinajstić information content (AvgIpc) is 2.82. The molecule has 0 aliphatic rings. The summed E-state index contributed by atoms with van der Waals surface area (Å²) in [4.78, 5) is 11.4. The van der Waals surface area contributed by atoms with Gasteiger partial charge >= 0.3 is 0 Å². The fourth-order valence-corrected chi connectivity index (χ4v) is 3.47. The number of sulfone groups is 1. The quantitative estimate of drug-likeness (QED) is 0.758. The van der Waals surface area contributed by atoms with Crippen molar-refractivity contribution in [3.8, 4) is 5.75 Å². The third kappa shape index (κ3) is 3.94. The molecule has 0 saturated carbocycles. The normalized spacial score (nSPS) is 11.4. The molecule has 0 fully saturated rings. The molecule has 1 heterocycles. The molecule has 118 valence electrons. The molecule has 1 aromatic carbocycles. The maximum absolute atomic E-state index is 12.3. The summed E-state index contributed by atoms with van der Waals surface area (Å²) < 4.78 is 34.7. The van der Waals surface area contributed by atoms with Crippen molar-refractivity contribution in [2.24, 2.45) is 0 Å². The van der Waals surface area contributed by atoms with E-state index < -0.39 is 9.84 Å². The van der Waals surface area contributed by atoms with Crippen LogP contribution in [0.3, 0.4) is 0 Å². The Morgan fingerprint density at radius 1 is 1.27 bits per heavy atom. The Kier molecular flexibility index (Phi) is 4.65. The average molecular weight is 323 g/mol. The van der Waals surface area contributed by atoms with Crippen LogP contribution in [-0.2, 0) is 21.3 Å². The number of hydrogen-bond donors (Lipinski definition) is 0. The van der Waals surface area contributed by atoms with Crippen LogP contribution in [0.1, 0.15) is 34.3 Å². The third-order valence-corrected chi connectivity index (χ3v) is 4.58. The van der Waals surface area contributed by atoms with Crippen LogP contribution < -0.4 is 4.74 Å². The predicted molar refractivity (Wildman–Crippen MR) is 80.6 cm³/mol. The molecule has 0 spiro atoms. The predicted octanol–water partition coefficient (Wildman–Crippen LogP) is 2.31. The van der Waals surface area contributed by atoms with E-state index in [1.807, 2.05) is 0 Å². The maximum atomic E-state index is 12.3. The molecule has 0 saturated heterocycles. The summed E-state index contributed by atoms with van der Waals surface area (Å²) in [5.41, 5.74) is 1.52. The van der Waals surface area contributed by atoms with Crippen LogP contribution in [0.2, 0.25) is 0 Å². The van der Waals surface area contributed by atoms with Crippen LogP contribution in [0.15, 0.2) is 28.8 Å². The topological polar surface area (TPSA) is 86.5 Å². The van der Waals surface area contributed by atoms with Crippen LogP contribution >= 0.6 is 0 Å². The van der Waals surface area contributed by atoms with Gasteiger partial charge in [0.05, 0.1) is 18.6 Å².